The first kappa shape index (κ1) is 16.2. The maximum absolute atomic E-state index is 14.4. The number of alkyl halides is 4. The van der Waals surface area contributed by atoms with Crippen molar-refractivity contribution in [1.82, 2.24) is 0 Å². The lowest BCUT2D eigenvalue weighted by molar-refractivity contribution is -0.281. The van der Waals surface area contributed by atoms with E-state index in [4.69, 9.17) is 0 Å². The number of hydrogen-bond acceptors (Lipinski definition) is 2. The lowest BCUT2D eigenvalue weighted by Gasteiger charge is -2.33. The van der Waals surface area contributed by atoms with Gasteiger partial charge in [0.15, 0.2) is 0 Å². The number of ketones is 1. The second-order valence-corrected chi connectivity index (χ2v) is 4.72. The molecule has 2 aromatic carbocycles. The van der Waals surface area contributed by atoms with E-state index in [9.17, 15) is 27.5 Å². The molecule has 0 bridgehead atoms. The zero-order valence-corrected chi connectivity index (χ0v) is 11.2. The normalized spacial score (nSPS) is 15.9. The van der Waals surface area contributed by atoms with Gasteiger partial charge in [0.2, 0.25) is 17.6 Å². The molecule has 6 heteroatoms. The fourth-order valence-corrected chi connectivity index (χ4v) is 2.08. The Labute approximate surface area is 124 Å². The Morgan fingerprint density at radius 3 is 1.82 bits per heavy atom. The highest BCUT2D eigenvalue weighted by molar-refractivity contribution is 6.00. The third kappa shape index (κ3) is 2.74. The number of carbonyl (C=O) groups excluding carboxylic acids is 1. The van der Waals surface area contributed by atoms with Crippen LogP contribution < -0.4 is 0 Å². The molecule has 0 radical (unpaired) electrons. The fraction of sp³-hybridized carbons (Fsp3) is 0.188. The van der Waals surface area contributed by atoms with Crippen molar-refractivity contribution in [1.29, 1.82) is 0 Å². The van der Waals surface area contributed by atoms with Crippen molar-refractivity contribution < 1.29 is 27.5 Å². The highest BCUT2D eigenvalue weighted by atomic mass is 19.4. The molecule has 116 valence electrons. The Balaban J connectivity index is 2.49. The number of benzene rings is 2. The Morgan fingerprint density at radius 1 is 0.909 bits per heavy atom. The Morgan fingerprint density at radius 2 is 1.36 bits per heavy atom. The quantitative estimate of drug-likeness (QED) is 0.691. The van der Waals surface area contributed by atoms with E-state index < -0.39 is 29.3 Å². The summed E-state index contributed by atoms with van der Waals surface area (Å²) in [6.07, 6.45) is -8.52. The fourth-order valence-electron chi connectivity index (χ4n) is 2.08. The van der Waals surface area contributed by atoms with E-state index >= 15 is 0 Å². The molecule has 0 amide bonds. The number of Topliss-reactive ketones (excluding diaryl/α,β-unsaturated/α-hetero) is 1. The summed E-state index contributed by atoms with van der Waals surface area (Å²) in [5, 5.41) is 10.00. The molecular formula is C16H12F4O2. The topological polar surface area (TPSA) is 37.3 Å². The van der Waals surface area contributed by atoms with Gasteiger partial charge in [-0.25, -0.2) is 4.39 Å². The van der Waals surface area contributed by atoms with Gasteiger partial charge in [0.05, 0.1) is 0 Å². The van der Waals surface area contributed by atoms with Crippen LogP contribution in [0.1, 0.15) is 15.9 Å². The SMILES string of the molecule is O=C(c1ccccc1)[C@@H](F)[C@](O)(c1ccccc1)C(F)(F)F. The highest BCUT2D eigenvalue weighted by Crippen LogP contribution is 2.43. The predicted molar refractivity (Wildman–Crippen MR) is 72.1 cm³/mol. The van der Waals surface area contributed by atoms with Crippen LogP contribution in [0.4, 0.5) is 17.6 Å². The summed E-state index contributed by atoms with van der Waals surface area (Å²) < 4.78 is 54.2. The van der Waals surface area contributed by atoms with E-state index in [1.807, 2.05) is 0 Å². The average molecular weight is 312 g/mol. The van der Waals surface area contributed by atoms with Crippen LogP contribution in [0.15, 0.2) is 60.7 Å². The first-order valence-corrected chi connectivity index (χ1v) is 6.36. The Kier molecular flexibility index (Phi) is 4.32. The van der Waals surface area contributed by atoms with Gasteiger partial charge >= 0.3 is 6.18 Å². The molecule has 0 aliphatic carbocycles. The van der Waals surface area contributed by atoms with Crippen LogP contribution in [0, 0.1) is 0 Å². The summed E-state index contributed by atoms with van der Waals surface area (Å²) in [7, 11) is 0. The summed E-state index contributed by atoms with van der Waals surface area (Å²) in [4.78, 5) is 12.0. The molecule has 0 aliphatic heterocycles. The van der Waals surface area contributed by atoms with Crippen LogP contribution in [0.25, 0.3) is 0 Å². The minimum Gasteiger partial charge on any atom is -0.374 e. The molecule has 0 saturated carbocycles. The van der Waals surface area contributed by atoms with Crippen LogP contribution in [0.3, 0.4) is 0 Å². The molecule has 0 spiro atoms. The van der Waals surface area contributed by atoms with Crippen molar-refractivity contribution in [2.45, 2.75) is 17.9 Å². The summed E-state index contributed by atoms with van der Waals surface area (Å²) >= 11 is 0. The summed E-state index contributed by atoms with van der Waals surface area (Å²) in [5.74, 6) is -1.43. The molecule has 0 aromatic heterocycles. The first-order valence-electron chi connectivity index (χ1n) is 6.36. The minimum atomic E-state index is -5.35. The Bertz CT molecular complexity index is 640. The minimum absolute atomic E-state index is 0.242. The molecule has 0 unspecified atom stereocenters. The second-order valence-electron chi connectivity index (χ2n) is 4.72. The number of halogens is 4. The first-order chi connectivity index (χ1) is 10.3. The Hall–Kier alpha value is -2.21. The van der Waals surface area contributed by atoms with Gasteiger partial charge < -0.3 is 5.11 Å². The zero-order chi connectivity index (χ0) is 16.4. The predicted octanol–water partition coefficient (Wildman–Crippen LogP) is 3.66. The van der Waals surface area contributed by atoms with Crippen LogP contribution in [-0.2, 0) is 5.60 Å². The van der Waals surface area contributed by atoms with Crippen LogP contribution in [0.2, 0.25) is 0 Å². The number of carbonyl (C=O) groups is 1. The van der Waals surface area contributed by atoms with E-state index in [1.54, 1.807) is 0 Å². The zero-order valence-electron chi connectivity index (χ0n) is 11.2. The number of rotatable bonds is 4. The van der Waals surface area contributed by atoms with Crippen LogP contribution in [-0.4, -0.2) is 23.2 Å². The van der Waals surface area contributed by atoms with Crippen molar-refractivity contribution in [2.75, 3.05) is 0 Å². The molecule has 2 atom stereocenters. The highest BCUT2D eigenvalue weighted by Gasteiger charge is 2.62. The number of aliphatic hydroxyl groups is 1. The average Bonchev–Trinajstić information content (AvgIpc) is 2.53. The van der Waals surface area contributed by atoms with Gasteiger partial charge in [-0.05, 0) is 5.56 Å². The van der Waals surface area contributed by atoms with E-state index in [2.05, 4.69) is 0 Å². The van der Waals surface area contributed by atoms with Gasteiger partial charge in [-0.3, -0.25) is 4.79 Å². The van der Waals surface area contributed by atoms with E-state index in [0.717, 1.165) is 12.1 Å². The standard InChI is InChI=1S/C16H12F4O2/c17-14(13(21)11-7-3-1-4-8-11)15(22,16(18,19)20)12-9-5-2-6-10-12/h1-10,14,22H/t14-,15-/m1/s1. The molecule has 0 heterocycles. The molecule has 0 fully saturated rings. The van der Waals surface area contributed by atoms with Gasteiger partial charge in [0.1, 0.15) is 0 Å². The maximum atomic E-state index is 14.4. The van der Waals surface area contributed by atoms with Crippen molar-refractivity contribution in [3.05, 3.63) is 71.8 Å². The maximum Gasteiger partial charge on any atom is 0.424 e. The molecule has 1 N–H and O–H groups in total. The lowest BCUT2D eigenvalue weighted by Crippen LogP contribution is -2.53. The molecule has 0 saturated heterocycles. The van der Waals surface area contributed by atoms with Gasteiger partial charge in [0, 0.05) is 5.56 Å². The smallest absolute Gasteiger partial charge is 0.374 e. The third-order valence-electron chi connectivity index (χ3n) is 3.30. The van der Waals surface area contributed by atoms with E-state index in [1.165, 1.54) is 48.5 Å². The van der Waals surface area contributed by atoms with E-state index in [-0.39, 0.29) is 5.56 Å². The monoisotopic (exact) mass is 312 g/mol. The van der Waals surface area contributed by atoms with Crippen molar-refractivity contribution in [3.63, 3.8) is 0 Å². The van der Waals surface area contributed by atoms with Crippen molar-refractivity contribution in [2.24, 2.45) is 0 Å². The molecule has 2 aromatic rings. The van der Waals surface area contributed by atoms with Gasteiger partial charge in [-0.1, -0.05) is 60.7 Å². The van der Waals surface area contributed by atoms with Gasteiger partial charge in [-0.15, -0.1) is 0 Å². The molecule has 2 rings (SSSR count). The third-order valence-corrected chi connectivity index (χ3v) is 3.30. The van der Waals surface area contributed by atoms with Gasteiger partial charge in [-0.2, -0.15) is 13.2 Å². The summed E-state index contributed by atoms with van der Waals surface area (Å²) in [5.41, 5.74) is -4.87. The van der Waals surface area contributed by atoms with Crippen molar-refractivity contribution >= 4 is 5.78 Å². The summed E-state index contributed by atoms with van der Waals surface area (Å²) in [6, 6.07) is 12.5. The largest absolute Gasteiger partial charge is 0.424 e. The lowest BCUT2D eigenvalue weighted by atomic mass is 9.84. The van der Waals surface area contributed by atoms with E-state index in [0.29, 0.717) is 0 Å². The second kappa shape index (κ2) is 5.88. The van der Waals surface area contributed by atoms with Gasteiger partial charge in [0.25, 0.3) is 0 Å². The molecule has 22 heavy (non-hydrogen) atoms. The van der Waals surface area contributed by atoms with Crippen LogP contribution >= 0.6 is 0 Å². The molecule has 2 nitrogen and oxygen atoms in total. The van der Waals surface area contributed by atoms with Crippen molar-refractivity contribution in [3.8, 4) is 0 Å². The molecular weight excluding hydrogens is 300 g/mol. The van der Waals surface area contributed by atoms with Crippen LogP contribution in [0.5, 0.6) is 0 Å². The molecule has 0 aliphatic rings. The number of hydrogen-bond donors (Lipinski definition) is 1. The summed E-state index contributed by atoms with van der Waals surface area (Å²) in [6.45, 7) is 0.